The van der Waals surface area contributed by atoms with Crippen LogP contribution < -0.4 is 0 Å². The van der Waals surface area contributed by atoms with E-state index in [2.05, 4.69) is 39.3 Å². The molecule has 0 spiro atoms. The van der Waals surface area contributed by atoms with Gasteiger partial charge in [-0.05, 0) is 51.4 Å². The summed E-state index contributed by atoms with van der Waals surface area (Å²) in [7, 11) is -3.34. The highest BCUT2D eigenvalue weighted by Gasteiger charge is 2.25. The minimum atomic E-state index is -1.72. The van der Waals surface area contributed by atoms with E-state index >= 15 is 0 Å². The van der Waals surface area contributed by atoms with Gasteiger partial charge in [-0.3, -0.25) is 0 Å². The first-order valence-electron chi connectivity index (χ1n) is 7.61. The Kier molecular flexibility index (Phi) is 6.99. The molecule has 0 saturated carbocycles. The second-order valence-corrected chi connectivity index (χ2v) is 16.2. The fraction of sp³-hybridized carbons (Fsp3) is 0.562. The lowest BCUT2D eigenvalue weighted by Crippen LogP contribution is -2.40. The minimum absolute atomic E-state index is 0.203. The van der Waals surface area contributed by atoms with Gasteiger partial charge in [0.25, 0.3) is 0 Å². The molecule has 0 aliphatic rings. The number of ether oxygens (including phenoxy) is 1. The third-order valence-corrected chi connectivity index (χ3v) is 4.71. The Labute approximate surface area is 136 Å². The SMILES string of the molecule is C[Si](C)(C)OC[C@@H](COC(=O)c1ccccc1)O[Si](C)(C)C. The molecule has 1 atom stereocenters. The molecule has 0 amide bonds. The Balaban J connectivity index is 2.58. The van der Waals surface area contributed by atoms with E-state index in [0.717, 1.165) is 0 Å². The summed E-state index contributed by atoms with van der Waals surface area (Å²) in [5.41, 5.74) is 0.556. The molecule has 4 nitrogen and oxygen atoms in total. The van der Waals surface area contributed by atoms with Gasteiger partial charge in [-0.25, -0.2) is 4.79 Å². The van der Waals surface area contributed by atoms with E-state index in [1.165, 1.54) is 0 Å². The maximum absolute atomic E-state index is 12.0. The van der Waals surface area contributed by atoms with Crippen molar-refractivity contribution in [1.29, 1.82) is 0 Å². The summed E-state index contributed by atoms with van der Waals surface area (Å²) < 4.78 is 17.4. The zero-order valence-corrected chi connectivity index (χ0v) is 16.5. The van der Waals surface area contributed by atoms with Gasteiger partial charge in [0.1, 0.15) is 12.7 Å². The molecule has 6 heteroatoms. The third-order valence-electron chi connectivity index (χ3n) is 2.63. The first-order chi connectivity index (χ1) is 10.1. The summed E-state index contributed by atoms with van der Waals surface area (Å²) in [4.78, 5) is 12.0. The lowest BCUT2D eigenvalue weighted by Gasteiger charge is -2.28. The van der Waals surface area contributed by atoms with Gasteiger partial charge in [0.15, 0.2) is 16.6 Å². The maximum atomic E-state index is 12.0. The largest absolute Gasteiger partial charge is 0.459 e. The minimum Gasteiger partial charge on any atom is -0.459 e. The molecule has 0 aliphatic heterocycles. The lowest BCUT2D eigenvalue weighted by atomic mass is 10.2. The lowest BCUT2D eigenvalue weighted by molar-refractivity contribution is 0.0179. The molecule has 124 valence electrons. The summed E-state index contributed by atoms with van der Waals surface area (Å²) in [5, 5.41) is 0. The van der Waals surface area contributed by atoms with Gasteiger partial charge in [0.05, 0.1) is 12.2 Å². The number of esters is 1. The summed E-state index contributed by atoms with van der Waals surface area (Å²) in [6.07, 6.45) is -0.203. The van der Waals surface area contributed by atoms with Crippen LogP contribution in [0.3, 0.4) is 0 Å². The molecule has 0 N–H and O–H groups in total. The van der Waals surface area contributed by atoms with Crippen molar-refractivity contribution in [3.05, 3.63) is 35.9 Å². The highest BCUT2D eigenvalue weighted by molar-refractivity contribution is 6.70. The quantitative estimate of drug-likeness (QED) is 0.531. The topological polar surface area (TPSA) is 44.8 Å². The molecule has 1 aromatic rings. The van der Waals surface area contributed by atoms with E-state index in [1.54, 1.807) is 12.1 Å². The van der Waals surface area contributed by atoms with Crippen LogP contribution in [0.4, 0.5) is 0 Å². The van der Waals surface area contributed by atoms with Crippen molar-refractivity contribution in [2.24, 2.45) is 0 Å². The summed E-state index contributed by atoms with van der Waals surface area (Å²) in [5.74, 6) is -0.322. The summed E-state index contributed by atoms with van der Waals surface area (Å²) in [6.45, 7) is 13.5. The highest BCUT2D eigenvalue weighted by atomic mass is 28.4. The molecular formula is C16H28O4Si2. The normalized spacial score (nSPS) is 13.7. The fourth-order valence-corrected chi connectivity index (χ4v) is 3.61. The van der Waals surface area contributed by atoms with Gasteiger partial charge >= 0.3 is 5.97 Å². The second-order valence-electron chi connectivity index (χ2n) is 7.24. The molecule has 1 aromatic carbocycles. The van der Waals surface area contributed by atoms with E-state index in [9.17, 15) is 4.79 Å². The van der Waals surface area contributed by atoms with Crippen LogP contribution in [0.15, 0.2) is 30.3 Å². The molecule has 0 fully saturated rings. The monoisotopic (exact) mass is 340 g/mol. The van der Waals surface area contributed by atoms with Gasteiger partial charge in [-0.2, -0.15) is 0 Å². The van der Waals surface area contributed by atoms with Gasteiger partial charge in [-0.1, -0.05) is 18.2 Å². The number of rotatable bonds is 8. The smallest absolute Gasteiger partial charge is 0.338 e. The molecule has 0 saturated heterocycles. The van der Waals surface area contributed by atoms with Crippen molar-refractivity contribution in [3.63, 3.8) is 0 Å². The van der Waals surface area contributed by atoms with E-state index in [0.29, 0.717) is 12.2 Å². The van der Waals surface area contributed by atoms with Gasteiger partial charge in [-0.15, -0.1) is 0 Å². The number of hydrogen-bond acceptors (Lipinski definition) is 4. The molecular weight excluding hydrogens is 312 g/mol. The number of carbonyl (C=O) groups is 1. The van der Waals surface area contributed by atoms with Crippen molar-refractivity contribution >= 4 is 22.6 Å². The predicted octanol–water partition coefficient (Wildman–Crippen LogP) is 3.92. The first kappa shape index (κ1) is 19.1. The van der Waals surface area contributed by atoms with Crippen molar-refractivity contribution in [2.75, 3.05) is 13.2 Å². The van der Waals surface area contributed by atoms with E-state index in [-0.39, 0.29) is 18.7 Å². The standard InChI is InChI=1S/C16H28O4Si2/c1-21(2,3)19-13-15(20-22(4,5)6)12-18-16(17)14-10-8-7-9-11-14/h7-11,15H,12-13H2,1-6H3/t15-/m1/s1. The Morgan fingerprint density at radius 1 is 0.955 bits per heavy atom. The zero-order chi connectivity index (χ0) is 16.8. The van der Waals surface area contributed by atoms with Gasteiger partial charge in [0, 0.05) is 0 Å². The average Bonchev–Trinajstić information content (AvgIpc) is 2.40. The summed E-state index contributed by atoms with van der Waals surface area (Å²) in [6, 6.07) is 9.00. The molecule has 0 unspecified atom stereocenters. The van der Waals surface area contributed by atoms with Crippen LogP contribution in [0.5, 0.6) is 0 Å². The van der Waals surface area contributed by atoms with E-state index in [4.69, 9.17) is 13.6 Å². The fourth-order valence-electron chi connectivity index (χ4n) is 1.79. The number of carbonyl (C=O) groups excluding carboxylic acids is 1. The molecule has 0 radical (unpaired) electrons. The van der Waals surface area contributed by atoms with Crippen LogP contribution in [-0.4, -0.2) is 41.9 Å². The van der Waals surface area contributed by atoms with Crippen LogP contribution in [0.25, 0.3) is 0 Å². The average molecular weight is 341 g/mol. The van der Waals surface area contributed by atoms with Crippen LogP contribution >= 0.6 is 0 Å². The van der Waals surface area contributed by atoms with Crippen molar-refractivity contribution < 1.29 is 18.4 Å². The third kappa shape index (κ3) is 8.48. The zero-order valence-electron chi connectivity index (χ0n) is 14.5. The van der Waals surface area contributed by atoms with Crippen molar-refractivity contribution in [2.45, 2.75) is 45.4 Å². The molecule has 1 rings (SSSR count). The molecule has 0 aliphatic carbocycles. The molecule has 0 bridgehead atoms. The number of hydrogen-bond donors (Lipinski definition) is 0. The Bertz CT molecular complexity index is 463. The molecule has 22 heavy (non-hydrogen) atoms. The van der Waals surface area contributed by atoms with E-state index in [1.807, 2.05) is 18.2 Å². The number of benzene rings is 1. The van der Waals surface area contributed by atoms with E-state index < -0.39 is 16.6 Å². The highest BCUT2D eigenvalue weighted by Crippen LogP contribution is 2.12. The van der Waals surface area contributed by atoms with Crippen molar-refractivity contribution in [1.82, 2.24) is 0 Å². The van der Waals surface area contributed by atoms with Crippen LogP contribution in [0.2, 0.25) is 39.3 Å². The Morgan fingerprint density at radius 3 is 2.05 bits per heavy atom. The van der Waals surface area contributed by atoms with Crippen LogP contribution in [-0.2, 0) is 13.6 Å². The van der Waals surface area contributed by atoms with Crippen LogP contribution in [0.1, 0.15) is 10.4 Å². The molecule has 0 aromatic heterocycles. The van der Waals surface area contributed by atoms with Crippen LogP contribution in [0, 0.1) is 0 Å². The maximum Gasteiger partial charge on any atom is 0.338 e. The van der Waals surface area contributed by atoms with Gasteiger partial charge < -0.3 is 13.6 Å². The first-order valence-corrected chi connectivity index (χ1v) is 14.4. The Morgan fingerprint density at radius 2 is 1.55 bits per heavy atom. The Hall–Kier alpha value is -0.956. The predicted molar refractivity (Wildman–Crippen MR) is 94.2 cm³/mol. The second kappa shape index (κ2) is 8.05. The van der Waals surface area contributed by atoms with Crippen molar-refractivity contribution in [3.8, 4) is 0 Å². The summed E-state index contributed by atoms with van der Waals surface area (Å²) >= 11 is 0. The van der Waals surface area contributed by atoms with Gasteiger partial charge in [0.2, 0.25) is 0 Å². The molecule has 0 heterocycles.